The number of benzene rings is 2. The van der Waals surface area contributed by atoms with E-state index >= 15 is 0 Å². The zero-order chi connectivity index (χ0) is 25.3. The molecule has 0 aliphatic heterocycles. The molecule has 0 radical (unpaired) electrons. The first-order chi connectivity index (χ1) is 16.7. The number of unbranched alkanes of at least 4 members (excludes halogenated alkanes) is 1. The van der Waals surface area contributed by atoms with Crippen LogP contribution in [0.2, 0.25) is 0 Å². The molecule has 1 atom stereocenters. The average Bonchev–Trinajstić information content (AvgIpc) is 3.25. The fourth-order valence-electron chi connectivity index (χ4n) is 4.33. The standard InChI is InChI=1S/C27H26FNO6/c1-4-5-6-22(26(31)32)29-23(30)12-19-14(2)18-11-20-21(16-7-9-17(28)10-8-16)13-34-24(20)15(3)25(18)35-27(19)33/h7-11,13,22H,4-6,12H2,1-3H3,(H,29,30)(H,31,32). The molecule has 0 saturated carbocycles. The summed E-state index contributed by atoms with van der Waals surface area (Å²) in [6.07, 6.45) is 3.05. The Bertz CT molecular complexity index is 1480. The topological polar surface area (TPSA) is 110 Å². The van der Waals surface area contributed by atoms with Gasteiger partial charge in [-0.2, -0.15) is 0 Å². The first kappa shape index (κ1) is 24.2. The number of carbonyl (C=O) groups is 2. The Hall–Kier alpha value is -3.94. The third-order valence-electron chi connectivity index (χ3n) is 6.31. The third-order valence-corrected chi connectivity index (χ3v) is 6.31. The number of nitrogens with one attached hydrogen (secondary N) is 1. The summed E-state index contributed by atoms with van der Waals surface area (Å²) in [4.78, 5) is 36.9. The maximum atomic E-state index is 13.4. The molecule has 0 fully saturated rings. The van der Waals surface area contributed by atoms with Crippen LogP contribution in [0.15, 0.2) is 50.2 Å². The molecular weight excluding hydrogens is 453 g/mol. The maximum absolute atomic E-state index is 13.4. The molecule has 0 aliphatic carbocycles. The van der Waals surface area contributed by atoms with Crippen LogP contribution in [-0.4, -0.2) is 23.0 Å². The van der Waals surface area contributed by atoms with Gasteiger partial charge in [-0.1, -0.05) is 31.9 Å². The number of furan rings is 1. The number of carboxylic acid groups (broad SMARTS) is 1. The van der Waals surface area contributed by atoms with Crippen LogP contribution < -0.4 is 10.9 Å². The van der Waals surface area contributed by atoms with Gasteiger partial charge in [-0.25, -0.2) is 14.0 Å². The zero-order valence-electron chi connectivity index (χ0n) is 19.7. The fourth-order valence-corrected chi connectivity index (χ4v) is 4.33. The smallest absolute Gasteiger partial charge is 0.340 e. The van der Waals surface area contributed by atoms with Gasteiger partial charge < -0.3 is 19.3 Å². The summed E-state index contributed by atoms with van der Waals surface area (Å²) in [7, 11) is 0. The van der Waals surface area contributed by atoms with Gasteiger partial charge in [0.2, 0.25) is 5.91 Å². The summed E-state index contributed by atoms with van der Waals surface area (Å²) in [5.41, 5.74) is 3.15. The van der Waals surface area contributed by atoms with Gasteiger partial charge in [0, 0.05) is 21.9 Å². The molecule has 0 saturated heterocycles. The third kappa shape index (κ3) is 4.69. The Morgan fingerprint density at radius 3 is 2.46 bits per heavy atom. The Labute approximate surface area is 200 Å². The van der Waals surface area contributed by atoms with Crippen LogP contribution in [0.5, 0.6) is 0 Å². The van der Waals surface area contributed by atoms with Gasteiger partial charge in [-0.3, -0.25) is 4.79 Å². The Morgan fingerprint density at radius 2 is 1.80 bits per heavy atom. The lowest BCUT2D eigenvalue weighted by atomic mass is 9.97. The molecule has 2 aromatic heterocycles. The van der Waals surface area contributed by atoms with E-state index in [1.54, 1.807) is 32.2 Å². The van der Waals surface area contributed by atoms with Crippen molar-refractivity contribution in [2.24, 2.45) is 0 Å². The van der Waals surface area contributed by atoms with Gasteiger partial charge >= 0.3 is 11.6 Å². The monoisotopic (exact) mass is 479 g/mol. The molecule has 0 aliphatic rings. The lowest BCUT2D eigenvalue weighted by Gasteiger charge is -2.15. The summed E-state index contributed by atoms with van der Waals surface area (Å²) in [5.74, 6) is -2.01. The second-order valence-electron chi connectivity index (χ2n) is 8.68. The van der Waals surface area contributed by atoms with Gasteiger partial charge in [-0.15, -0.1) is 0 Å². The molecular formula is C27H26FNO6. The second kappa shape index (κ2) is 9.74. The summed E-state index contributed by atoms with van der Waals surface area (Å²) in [6.45, 7) is 5.45. The Balaban J connectivity index is 1.76. The van der Waals surface area contributed by atoms with E-state index in [9.17, 15) is 23.9 Å². The molecule has 2 N–H and O–H groups in total. The number of amides is 1. The minimum absolute atomic E-state index is 0.167. The highest BCUT2D eigenvalue weighted by atomic mass is 19.1. The maximum Gasteiger partial charge on any atom is 0.340 e. The number of halogens is 1. The predicted octanol–water partition coefficient (Wildman–Crippen LogP) is 5.26. The zero-order valence-corrected chi connectivity index (χ0v) is 19.7. The number of hydrogen-bond acceptors (Lipinski definition) is 5. The summed E-state index contributed by atoms with van der Waals surface area (Å²) >= 11 is 0. The fraction of sp³-hybridized carbons (Fsp3) is 0.296. The van der Waals surface area contributed by atoms with Crippen molar-refractivity contribution in [3.63, 3.8) is 0 Å². The average molecular weight is 480 g/mol. The van der Waals surface area contributed by atoms with Crippen molar-refractivity contribution in [3.05, 3.63) is 69.5 Å². The number of fused-ring (bicyclic) bond motifs is 2. The lowest BCUT2D eigenvalue weighted by Crippen LogP contribution is -2.42. The highest BCUT2D eigenvalue weighted by molar-refractivity contribution is 6.05. The van der Waals surface area contributed by atoms with E-state index in [4.69, 9.17) is 8.83 Å². The van der Waals surface area contributed by atoms with Crippen molar-refractivity contribution < 1.29 is 27.9 Å². The second-order valence-corrected chi connectivity index (χ2v) is 8.68. The number of aryl methyl sites for hydroxylation is 2. The van der Waals surface area contributed by atoms with E-state index in [-0.39, 0.29) is 17.8 Å². The van der Waals surface area contributed by atoms with Crippen molar-refractivity contribution >= 4 is 33.8 Å². The highest BCUT2D eigenvalue weighted by Gasteiger charge is 2.23. The van der Waals surface area contributed by atoms with E-state index in [0.717, 1.165) is 22.9 Å². The number of carbonyl (C=O) groups excluding carboxylic acids is 1. The predicted molar refractivity (Wildman–Crippen MR) is 130 cm³/mol. The quantitative estimate of drug-likeness (QED) is 0.334. The molecule has 35 heavy (non-hydrogen) atoms. The largest absolute Gasteiger partial charge is 0.480 e. The molecule has 4 rings (SSSR count). The number of aliphatic carboxylic acids is 1. The van der Waals surface area contributed by atoms with E-state index in [0.29, 0.717) is 40.5 Å². The van der Waals surface area contributed by atoms with Gasteiger partial charge in [0.05, 0.1) is 18.2 Å². The van der Waals surface area contributed by atoms with Crippen molar-refractivity contribution in [2.75, 3.05) is 0 Å². The molecule has 8 heteroatoms. The Morgan fingerprint density at radius 1 is 1.09 bits per heavy atom. The molecule has 2 aromatic carbocycles. The van der Waals surface area contributed by atoms with Gasteiger partial charge in [-0.05, 0) is 49.6 Å². The van der Waals surface area contributed by atoms with Crippen LogP contribution in [0.25, 0.3) is 33.1 Å². The van der Waals surface area contributed by atoms with Crippen molar-refractivity contribution in [1.82, 2.24) is 5.32 Å². The van der Waals surface area contributed by atoms with Crippen molar-refractivity contribution in [3.8, 4) is 11.1 Å². The number of hydrogen-bond donors (Lipinski definition) is 2. The number of carboxylic acids is 1. The molecule has 182 valence electrons. The van der Waals surface area contributed by atoms with E-state index in [1.165, 1.54) is 12.1 Å². The van der Waals surface area contributed by atoms with Crippen molar-refractivity contribution in [1.29, 1.82) is 0 Å². The molecule has 4 aromatic rings. The van der Waals surface area contributed by atoms with Crippen LogP contribution >= 0.6 is 0 Å². The molecule has 7 nitrogen and oxygen atoms in total. The van der Waals surface area contributed by atoms with E-state index in [2.05, 4.69) is 5.32 Å². The normalized spacial score (nSPS) is 12.2. The first-order valence-corrected chi connectivity index (χ1v) is 11.5. The molecule has 0 bridgehead atoms. The summed E-state index contributed by atoms with van der Waals surface area (Å²) in [6, 6.07) is 6.87. The van der Waals surface area contributed by atoms with Crippen LogP contribution in [0.3, 0.4) is 0 Å². The van der Waals surface area contributed by atoms with E-state index < -0.39 is 23.5 Å². The molecule has 1 amide bonds. The SMILES string of the molecule is CCCCC(NC(=O)Cc1c(C)c2cc3c(-c4ccc(F)cc4)coc3c(C)c2oc1=O)C(=O)O. The van der Waals surface area contributed by atoms with Gasteiger partial charge in [0.15, 0.2) is 0 Å². The summed E-state index contributed by atoms with van der Waals surface area (Å²) < 4.78 is 24.8. The van der Waals surface area contributed by atoms with Crippen LogP contribution in [0.1, 0.15) is 42.9 Å². The van der Waals surface area contributed by atoms with Crippen LogP contribution in [0, 0.1) is 19.7 Å². The van der Waals surface area contributed by atoms with Gasteiger partial charge in [0.1, 0.15) is 23.0 Å². The van der Waals surface area contributed by atoms with Crippen LogP contribution in [0.4, 0.5) is 4.39 Å². The minimum atomic E-state index is -1.11. The molecule has 2 heterocycles. The molecule has 0 spiro atoms. The minimum Gasteiger partial charge on any atom is -0.480 e. The van der Waals surface area contributed by atoms with Crippen LogP contribution in [-0.2, 0) is 16.0 Å². The summed E-state index contributed by atoms with van der Waals surface area (Å²) in [5, 5.41) is 13.3. The van der Waals surface area contributed by atoms with E-state index in [1.807, 2.05) is 13.0 Å². The highest BCUT2D eigenvalue weighted by Crippen LogP contribution is 2.37. The van der Waals surface area contributed by atoms with Gasteiger partial charge in [0.25, 0.3) is 0 Å². The lowest BCUT2D eigenvalue weighted by molar-refractivity contribution is -0.142. The Kier molecular flexibility index (Phi) is 6.73. The molecule has 1 unspecified atom stereocenters. The number of rotatable bonds is 8. The van der Waals surface area contributed by atoms with Crippen molar-refractivity contribution in [2.45, 2.75) is 52.5 Å². The first-order valence-electron chi connectivity index (χ1n) is 11.5.